The predicted molar refractivity (Wildman–Crippen MR) is 75.9 cm³/mol. The van der Waals surface area contributed by atoms with E-state index in [0.29, 0.717) is 6.54 Å². The van der Waals surface area contributed by atoms with Crippen molar-refractivity contribution in [3.05, 3.63) is 51.8 Å². The number of anilines is 1. The van der Waals surface area contributed by atoms with Crippen molar-refractivity contribution in [2.24, 2.45) is 7.05 Å². The van der Waals surface area contributed by atoms with Gasteiger partial charge in [0.25, 0.3) is 5.69 Å². The van der Waals surface area contributed by atoms with Crippen LogP contribution < -0.4 is 5.73 Å². The number of hydrogen-bond donors (Lipinski definition) is 1. The maximum Gasteiger partial charge on any atom is 0.292 e. The minimum atomic E-state index is -0.474. The molecule has 106 valence electrons. The number of hydrogen-bond acceptors (Lipinski definition) is 5. The van der Waals surface area contributed by atoms with E-state index in [-0.39, 0.29) is 11.4 Å². The summed E-state index contributed by atoms with van der Waals surface area (Å²) in [4.78, 5) is 12.3. The minimum Gasteiger partial charge on any atom is -0.393 e. The summed E-state index contributed by atoms with van der Waals surface area (Å²) in [5, 5.41) is 14.8. The van der Waals surface area contributed by atoms with Gasteiger partial charge in [-0.1, -0.05) is 6.07 Å². The largest absolute Gasteiger partial charge is 0.393 e. The molecule has 2 N–H and O–H groups in total. The Balaban J connectivity index is 2.02. The van der Waals surface area contributed by atoms with Crippen LogP contribution in [0.5, 0.6) is 0 Å². The van der Waals surface area contributed by atoms with Gasteiger partial charge in [-0.05, 0) is 18.7 Å². The normalized spacial score (nSPS) is 10.9. The van der Waals surface area contributed by atoms with Crippen LogP contribution >= 0.6 is 0 Å². The fourth-order valence-electron chi connectivity index (χ4n) is 2.10. The molecule has 1 aromatic carbocycles. The first kappa shape index (κ1) is 14.0. The summed E-state index contributed by atoms with van der Waals surface area (Å²) in [7, 11) is 3.85. The molecular weight excluding hydrogens is 258 g/mol. The van der Waals surface area contributed by atoms with E-state index in [1.54, 1.807) is 16.8 Å². The fourth-order valence-corrected chi connectivity index (χ4v) is 2.10. The van der Waals surface area contributed by atoms with Crippen molar-refractivity contribution in [3.8, 4) is 0 Å². The highest BCUT2D eigenvalue weighted by molar-refractivity contribution is 5.59. The van der Waals surface area contributed by atoms with E-state index in [0.717, 1.165) is 17.7 Å². The van der Waals surface area contributed by atoms with Gasteiger partial charge in [0.2, 0.25) is 0 Å². The first-order chi connectivity index (χ1) is 9.45. The third-order valence-electron chi connectivity index (χ3n) is 2.95. The summed E-state index contributed by atoms with van der Waals surface area (Å²) >= 11 is 0. The van der Waals surface area contributed by atoms with Crippen molar-refractivity contribution in [2.75, 3.05) is 12.8 Å². The van der Waals surface area contributed by atoms with E-state index in [4.69, 9.17) is 5.73 Å². The third-order valence-corrected chi connectivity index (χ3v) is 2.95. The van der Waals surface area contributed by atoms with Crippen LogP contribution in [0.4, 0.5) is 11.4 Å². The number of nitrogens with zero attached hydrogens (tertiary/aromatic N) is 4. The molecule has 0 saturated carbocycles. The van der Waals surface area contributed by atoms with Gasteiger partial charge in [-0.3, -0.25) is 19.7 Å². The number of aromatic nitrogens is 2. The van der Waals surface area contributed by atoms with Crippen LogP contribution in [-0.4, -0.2) is 26.7 Å². The SMILES string of the molecule is CN(Cc1ccc([N+](=O)[O-])c(N)c1)Cc1cnn(C)c1. The Morgan fingerprint density at radius 3 is 2.65 bits per heavy atom. The van der Waals surface area contributed by atoms with Gasteiger partial charge in [-0.2, -0.15) is 5.10 Å². The summed E-state index contributed by atoms with van der Waals surface area (Å²) in [6.07, 6.45) is 3.78. The van der Waals surface area contributed by atoms with Gasteiger partial charge in [0.1, 0.15) is 5.69 Å². The van der Waals surface area contributed by atoms with Crippen molar-refractivity contribution < 1.29 is 4.92 Å². The zero-order valence-corrected chi connectivity index (χ0v) is 11.5. The second-order valence-electron chi connectivity index (χ2n) is 4.84. The van der Waals surface area contributed by atoms with Gasteiger partial charge in [-0.25, -0.2) is 0 Å². The average Bonchev–Trinajstić information content (AvgIpc) is 2.74. The Kier molecular flexibility index (Phi) is 3.99. The van der Waals surface area contributed by atoms with E-state index < -0.39 is 4.92 Å². The second kappa shape index (κ2) is 5.70. The van der Waals surface area contributed by atoms with Crippen molar-refractivity contribution in [1.82, 2.24) is 14.7 Å². The summed E-state index contributed by atoms with van der Waals surface area (Å²) in [6.45, 7) is 1.42. The van der Waals surface area contributed by atoms with Gasteiger partial charge >= 0.3 is 0 Å². The van der Waals surface area contributed by atoms with E-state index in [9.17, 15) is 10.1 Å². The number of nitro groups is 1. The van der Waals surface area contributed by atoms with Crippen LogP contribution in [0.15, 0.2) is 30.6 Å². The number of aryl methyl sites for hydroxylation is 1. The van der Waals surface area contributed by atoms with Crippen LogP contribution in [0.25, 0.3) is 0 Å². The molecule has 0 aliphatic heterocycles. The number of benzene rings is 1. The summed E-state index contributed by atoms with van der Waals surface area (Å²) in [5.74, 6) is 0. The molecule has 7 heteroatoms. The monoisotopic (exact) mass is 275 g/mol. The van der Waals surface area contributed by atoms with Gasteiger partial charge in [0.15, 0.2) is 0 Å². The molecule has 0 bridgehead atoms. The first-order valence-corrected chi connectivity index (χ1v) is 6.14. The van der Waals surface area contributed by atoms with Crippen LogP contribution in [0.3, 0.4) is 0 Å². The lowest BCUT2D eigenvalue weighted by atomic mass is 10.1. The third kappa shape index (κ3) is 3.33. The van der Waals surface area contributed by atoms with Crippen molar-refractivity contribution in [1.29, 1.82) is 0 Å². The lowest BCUT2D eigenvalue weighted by Gasteiger charge is -2.15. The quantitative estimate of drug-likeness (QED) is 0.508. The predicted octanol–water partition coefficient (Wildman–Crippen LogP) is 1.54. The Labute approximate surface area is 116 Å². The van der Waals surface area contributed by atoms with Gasteiger partial charge in [-0.15, -0.1) is 0 Å². The van der Waals surface area contributed by atoms with Crippen molar-refractivity contribution in [3.63, 3.8) is 0 Å². The summed E-state index contributed by atoms with van der Waals surface area (Å²) in [6, 6.07) is 4.83. The van der Waals surface area contributed by atoms with Crippen LogP contribution in [-0.2, 0) is 20.1 Å². The molecule has 0 saturated heterocycles. The molecule has 7 nitrogen and oxygen atoms in total. The highest BCUT2D eigenvalue weighted by Gasteiger charge is 2.12. The van der Waals surface area contributed by atoms with Crippen LogP contribution in [0.2, 0.25) is 0 Å². The molecule has 0 fully saturated rings. The highest BCUT2D eigenvalue weighted by Crippen LogP contribution is 2.22. The molecule has 20 heavy (non-hydrogen) atoms. The van der Waals surface area contributed by atoms with E-state index in [1.807, 2.05) is 26.5 Å². The Morgan fingerprint density at radius 1 is 1.40 bits per heavy atom. The maximum absolute atomic E-state index is 10.7. The molecule has 1 heterocycles. The minimum absolute atomic E-state index is 0.0522. The number of nitrogens with two attached hydrogens (primary N) is 1. The van der Waals surface area contributed by atoms with Crippen molar-refractivity contribution in [2.45, 2.75) is 13.1 Å². The number of nitro benzene ring substituents is 1. The van der Waals surface area contributed by atoms with Gasteiger partial charge in [0.05, 0.1) is 11.1 Å². The van der Waals surface area contributed by atoms with E-state index in [2.05, 4.69) is 10.00 Å². The zero-order chi connectivity index (χ0) is 14.7. The maximum atomic E-state index is 10.7. The van der Waals surface area contributed by atoms with Gasteiger partial charge in [0, 0.05) is 38.0 Å². The summed E-state index contributed by atoms with van der Waals surface area (Å²) < 4.78 is 1.76. The smallest absolute Gasteiger partial charge is 0.292 e. The Bertz CT molecular complexity index is 623. The van der Waals surface area contributed by atoms with E-state index in [1.165, 1.54) is 6.07 Å². The number of nitrogen functional groups attached to an aromatic ring is 1. The molecule has 2 rings (SSSR count). The summed E-state index contributed by atoms with van der Waals surface area (Å²) in [5.41, 5.74) is 7.88. The fraction of sp³-hybridized carbons (Fsp3) is 0.308. The molecule has 0 unspecified atom stereocenters. The molecule has 0 radical (unpaired) electrons. The lowest BCUT2D eigenvalue weighted by molar-refractivity contribution is -0.383. The number of rotatable bonds is 5. The molecule has 0 atom stereocenters. The van der Waals surface area contributed by atoms with Gasteiger partial charge < -0.3 is 5.73 Å². The Morgan fingerprint density at radius 2 is 2.10 bits per heavy atom. The average molecular weight is 275 g/mol. The molecule has 1 aromatic heterocycles. The molecular formula is C13H17N5O2. The highest BCUT2D eigenvalue weighted by atomic mass is 16.6. The zero-order valence-electron chi connectivity index (χ0n) is 11.5. The van der Waals surface area contributed by atoms with E-state index >= 15 is 0 Å². The van der Waals surface area contributed by atoms with Crippen molar-refractivity contribution >= 4 is 11.4 Å². The Hall–Kier alpha value is -2.41. The molecule has 0 aliphatic carbocycles. The topological polar surface area (TPSA) is 90.2 Å². The molecule has 0 spiro atoms. The van der Waals surface area contributed by atoms with Crippen LogP contribution in [0, 0.1) is 10.1 Å². The second-order valence-corrected chi connectivity index (χ2v) is 4.84. The molecule has 0 amide bonds. The van der Waals surface area contributed by atoms with Crippen LogP contribution in [0.1, 0.15) is 11.1 Å². The lowest BCUT2D eigenvalue weighted by Crippen LogP contribution is -2.17. The standard InChI is InChI=1S/C13H17N5O2/c1-16(8-11-6-15-17(2)9-11)7-10-3-4-13(18(19)20)12(14)5-10/h3-6,9H,7-8,14H2,1-2H3. The molecule has 2 aromatic rings. The first-order valence-electron chi connectivity index (χ1n) is 6.14. The molecule has 0 aliphatic rings.